The van der Waals surface area contributed by atoms with Crippen LogP contribution in [0.2, 0.25) is 5.02 Å². The highest BCUT2D eigenvalue weighted by atomic mass is 35.5. The van der Waals surface area contributed by atoms with Crippen LogP contribution in [0.1, 0.15) is 41.7 Å². The molecule has 2 rings (SSSR count). The van der Waals surface area contributed by atoms with Crippen molar-refractivity contribution in [3.8, 4) is 0 Å². The van der Waals surface area contributed by atoms with Gasteiger partial charge < -0.3 is 5.32 Å². The van der Waals surface area contributed by atoms with E-state index in [2.05, 4.69) is 5.32 Å². The van der Waals surface area contributed by atoms with Gasteiger partial charge in [-0.3, -0.25) is 9.59 Å². The first-order chi connectivity index (χ1) is 10.6. The third-order valence-corrected chi connectivity index (χ3v) is 3.64. The topological polar surface area (TPSA) is 46.2 Å². The average molecular weight is 316 g/mol. The highest BCUT2D eigenvalue weighted by molar-refractivity contribution is 6.30. The molecule has 4 heteroatoms. The monoisotopic (exact) mass is 315 g/mol. The molecule has 0 bridgehead atoms. The predicted octanol–water partition coefficient (Wildman–Crippen LogP) is 4.18. The molecule has 0 aromatic heterocycles. The number of benzene rings is 2. The zero-order valence-electron chi connectivity index (χ0n) is 12.4. The average Bonchev–Trinajstić information content (AvgIpc) is 2.53. The molecule has 2 aromatic carbocycles. The minimum atomic E-state index is -0.142. The molecule has 1 unspecified atom stereocenters. The van der Waals surface area contributed by atoms with E-state index in [0.717, 1.165) is 5.56 Å². The lowest BCUT2D eigenvalue weighted by Crippen LogP contribution is -2.26. The van der Waals surface area contributed by atoms with E-state index in [1.807, 2.05) is 43.3 Å². The number of halogens is 1. The fourth-order valence-corrected chi connectivity index (χ4v) is 2.37. The summed E-state index contributed by atoms with van der Waals surface area (Å²) in [5, 5.41) is 3.52. The van der Waals surface area contributed by atoms with E-state index in [9.17, 15) is 9.59 Å². The molecule has 0 spiro atoms. The second kappa shape index (κ2) is 7.76. The number of carbonyl (C=O) groups excluding carboxylic acids is 2. The highest BCUT2D eigenvalue weighted by Crippen LogP contribution is 2.17. The van der Waals surface area contributed by atoms with Crippen LogP contribution in [-0.2, 0) is 4.79 Å². The summed E-state index contributed by atoms with van der Waals surface area (Å²) >= 11 is 5.94. The first-order valence-electron chi connectivity index (χ1n) is 7.19. The van der Waals surface area contributed by atoms with Gasteiger partial charge in [0.2, 0.25) is 5.91 Å². The van der Waals surface area contributed by atoms with Crippen LogP contribution in [0, 0.1) is 0 Å². The number of amides is 1. The minimum Gasteiger partial charge on any atom is -0.350 e. The van der Waals surface area contributed by atoms with Crippen LogP contribution in [-0.4, -0.2) is 11.7 Å². The molecule has 1 N–H and O–H groups in total. The molecule has 0 aliphatic heterocycles. The van der Waals surface area contributed by atoms with E-state index in [4.69, 9.17) is 11.6 Å². The summed E-state index contributed by atoms with van der Waals surface area (Å²) in [7, 11) is 0. The lowest BCUT2D eigenvalue weighted by molar-refractivity contribution is -0.121. The maximum Gasteiger partial charge on any atom is 0.220 e. The van der Waals surface area contributed by atoms with Crippen LogP contribution < -0.4 is 5.32 Å². The first kappa shape index (κ1) is 16.2. The van der Waals surface area contributed by atoms with E-state index < -0.39 is 0 Å². The molecule has 0 aliphatic rings. The third-order valence-electron chi connectivity index (χ3n) is 3.40. The van der Waals surface area contributed by atoms with Crippen LogP contribution in [0.5, 0.6) is 0 Å². The molecule has 0 radical (unpaired) electrons. The van der Waals surface area contributed by atoms with Gasteiger partial charge in [-0.25, -0.2) is 0 Å². The Balaban J connectivity index is 1.84. The van der Waals surface area contributed by atoms with Crippen LogP contribution in [0.25, 0.3) is 0 Å². The number of ketones is 1. The fraction of sp³-hybridized carbons (Fsp3) is 0.222. The molecule has 22 heavy (non-hydrogen) atoms. The van der Waals surface area contributed by atoms with Gasteiger partial charge in [-0.2, -0.15) is 0 Å². The second-order valence-electron chi connectivity index (χ2n) is 5.13. The SMILES string of the molecule is CC(NC(=O)CCC(=O)c1ccccc1)c1cccc(Cl)c1. The lowest BCUT2D eigenvalue weighted by Gasteiger charge is -2.14. The van der Waals surface area contributed by atoms with Crippen molar-refractivity contribution in [2.24, 2.45) is 0 Å². The summed E-state index contributed by atoms with van der Waals surface area (Å²) < 4.78 is 0. The van der Waals surface area contributed by atoms with Gasteiger partial charge in [0.25, 0.3) is 0 Å². The Kier molecular flexibility index (Phi) is 5.73. The number of Topliss-reactive ketones (excluding diaryl/α,β-unsaturated/α-hetero) is 1. The third kappa shape index (κ3) is 4.71. The lowest BCUT2D eigenvalue weighted by atomic mass is 10.1. The van der Waals surface area contributed by atoms with Gasteiger partial charge in [0.05, 0.1) is 6.04 Å². The zero-order valence-corrected chi connectivity index (χ0v) is 13.1. The van der Waals surface area contributed by atoms with E-state index in [1.54, 1.807) is 18.2 Å². The van der Waals surface area contributed by atoms with Gasteiger partial charge in [-0.1, -0.05) is 54.1 Å². The summed E-state index contributed by atoms with van der Waals surface area (Å²) in [5.41, 5.74) is 1.58. The standard InChI is InChI=1S/C18H18ClNO2/c1-13(15-8-5-9-16(19)12-15)20-18(22)11-10-17(21)14-6-3-2-4-7-14/h2-9,12-13H,10-11H2,1H3,(H,20,22). The minimum absolute atomic E-state index is 0.0221. The van der Waals surface area contributed by atoms with E-state index in [0.29, 0.717) is 10.6 Å². The molecule has 1 atom stereocenters. The summed E-state index contributed by atoms with van der Waals surface area (Å²) in [6, 6.07) is 16.2. The summed E-state index contributed by atoms with van der Waals surface area (Å²) in [6.45, 7) is 1.89. The smallest absolute Gasteiger partial charge is 0.220 e. The van der Waals surface area contributed by atoms with E-state index >= 15 is 0 Å². The number of nitrogens with one attached hydrogen (secondary N) is 1. The highest BCUT2D eigenvalue weighted by Gasteiger charge is 2.12. The van der Waals surface area contributed by atoms with Gasteiger partial charge in [-0.15, -0.1) is 0 Å². The van der Waals surface area contributed by atoms with E-state index in [1.165, 1.54) is 0 Å². The Bertz CT molecular complexity index is 655. The van der Waals surface area contributed by atoms with E-state index in [-0.39, 0.29) is 30.6 Å². The van der Waals surface area contributed by atoms with Gasteiger partial charge >= 0.3 is 0 Å². The molecule has 0 heterocycles. The zero-order chi connectivity index (χ0) is 15.9. The van der Waals surface area contributed by atoms with Crippen molar-refractivity contribution in [1.29, 1.82) is 0 Å². The van der Waals surface area contributed by atoms with Crippen molar-refractivity contribution in [3.63, 3.8) is 0 Å². The van der Waals surface area contributed by atoms with Crippen molar-refractivity contribution < 1.29 is 9.59 Å². The molecule has 0 saturated carbocycles. The molecule has 2 aromatic rings. The van der Waals surface area contributed by atoms with Crippen LogP contribution in [0.3, 0.4) is 0 Å². The Labute approximate surface area is 135 Å². The van der Waals surface area contributed by atoms with Crippen molar-refractivity contribution >= 4 is 23.3 Å². The fourth-order valence-electron chi connectivity index (χ4n) is 2.17. The number of hydrogen-bond donors (Lipinski definition) is 1. The van der Waals surface area contributed by atoms with Gasteiger partial charge in [0.1, 0.15) is 0 Å². The molecule has 3 nitrogen and oxygen atoms in total. The Hall–Kier alpha value is -2.13. The summed E-state index contributed by atoms with van der Waals surface area (Å²) in [4.78, 5) is 23.9. The first-order valence-corrected chi connectivity index (χ1v) is 7.57. The number of hydrogen-bond acceptors (Lipinski definition) is 2. The largest absolute Gasteiger partial charge is 0.350 e. The van der Waals surface area contributed by atoms with Gasteiger partial charge in [0.15, 0.2) is 5.78 Å². The molecular weight excluding hydrogens is 298 g/mol. The predicted molar refractivity (Wildman–Crippen MR) is 88.0 cm³/mol. The van der Waals surface area contributed by atoms with Crippen molar-refractivity contribution in [1.82, 2.24) is 5.32 Å². The molecule has 0 aliphatic carbocycles. The summed E-state index contributed by atoms with van der Waals surface area (Å²) in [5.74, 6) is -0.164. The number of carbonyl (C=O) groups is 2. The van der Waals surface area contributed by atoms with Crippen molar-refractivity contribution in [2.75, 3.05) is 0 Å². The Morgan fingerprint density at radius 2 is 1.77 bits per heavy atom. The molecule has 0 fully saturated rings. The summed E-state index contributed by atoms with van der Waals surface area (Å²) in [6.07, 6.45) is 0.386. The van der Waals surface area contributed by atoms with Gasteiger partial charge in [-0.05, 0) is 24.6 Å². The normalized spacial score (nSPS) is 11.7. The molecule has 114 valence electrons. The Morgan fingerprint density at radius 3 is 2.45 bits per heavy atom. The van der Waals surface area contributed by atoms with Crippen LogP contribution in [0.15, 0.2) is 54.6 Å². The van der Waals surface area contributed by atoms with Gasteiger partial charge in [0, 0.05) is 23.4 Å². The van der Waals surface area contributed by atoms with Crippen LogP contribution >= 0.6 is 11.6 Å². The van der Waals surface area contributed by atoms with Crippen LogP contribution in [0.4, 0.5) is 0 Å². The molecule has 1 amide bonds. The van der Waals surface area contributed by atoms with Crippen molar-refractivity contribution in [3.05, 3.63) is 70.7 Å². The number of rotatable bonds is 6. The van der Waals surface area contributed by atoms with Crippen molar-refractivity contribution in [2.45, 2.75) is 25.8 Å². The second-order valence-corrected chi connectivity index (χ2v) is 5.57. The Morgan fingerprint density at radius 1 is 1.05 bits per heavy atom. The molecular formula is C18H18ClNO2. The quantitative estimate of drug-likeness (QED) is 0.813. The maximum atomic E-state index is 12.0. The maximum absolute atomic E-state index is 12.0. The molecule has 0 saturated heterocycles.